The molecule has 1 N–H and O–H groups in total. The third-order valence-corrected chi connectivity index (χ3v) is 3.57. The third kappa shape index (κ3) is 2.75. The summed E-state index contributed by atoms with van der Waals surface area (Å²) in [5, 5.41) is 8.48. The summed E-state index contributed by atoms with van der Waals surface area (Å²) in [6.45, 7) is 0. The van der Waals surface area contributed by atoms with E-state index in [4.69, 9.17) is 23.1 Å². The van der Waals surface area contributed by atoms with Crippen LogP contribution >= 0.6 is 11.6 Å². The van der Waals surface area contributed by atoms with Crippen LogP contribution in [0.15, 0.2) is 17.0 Å². The Balaban J connectivity index is 3.57. The van der Waals surface area contributed by atoms with Crippen molar-refractivity contribution in [1.29, 1.82) is 0 Å². The molecular weight excluding hydrogens is 271 g/mol. The predicted molar refractivity (Wildman–Crippen MR) is 59.3 cm³/mol. The summed E-state index contributed by atoms with van der Waals surface area (Å²) in [6, 6.07) is 1.66. The summed E-state index contributed by atoms with van der Waals surface area (Å²) in [6.07, 6.45) is 4.84. The Hall–Kier alpha value is -1.58. The Kier molecular flexibility index (Phi) is 3.76. The van der Waals surface area contributed by atoms with E-state index in [-0.39, 0.29) is 5.02 Å². The van der Waals surface area contributed by atoms with Crippen molar-refractivity contribution < 1.29 is 22.7 Å². The average Bonchev–Trinajstić information content (AvgIpc) is 2.20. The van der Waals surface area contributed by atoms with E-state index in [1.807, 2.05) is 5.92 Å². The van der Waals surface area contributed by atoms with Gasteiger partial charge >= 0.3 is 5.97 Å². The van der Waals surface area contributed by atoms with Crippen LogP contribution in [0.3, 0.4) is 0 Å². The lowest BCUT2D eigenvalue weighted by molar-refractivity contribution is 0.0691. The number of carboxylic acid groups (broad SMARTS) is 1. The van der Waals surface area contributed by atoms with Crippen molar-refractivity contribution in [3.05, 3.63) is 28.5 Å². The molecule has 0 aliphatic heterocycles. The van der Waals surface area contributed by atoms with Crippen LogP contribution in [0.2, 0.25) is 5.02 Å². The van der Waals surface area contributed by atoms with Crippen LogP contribution in [0, 0.1) is 18.2 Å². The van der Waals surface area contributed by atoms with Gasteiger partial charge in [-0.05, 0) is 12.1 Å². The van der Waals surface area contributed by atoms with Crippen molar-refractivity contribution in [3.8, 4) is 12.3 Å². The van der Waals surface area contributed by atoms with Crippen molar-refractivity contribution >= 4 is 27.4 Å². The molecule has 0 aliphatic carbocycles. The number of halogens is 2. The van der Waals surface area contributed by atoms with Crippen LogP contribution < -0.4 is 0 Å². The number of terminal acetylenes is 1. The van der Waals surface area contributed by atoms with Gasteiger partial charge in [-0.2, -0.15) is 0 Å². The molecule has 1 rings (SSSR count). The molecular formula is C10H6ClFO4S. The maximum Gasteiger partial charge on any atom is 0.338 e. The number of benzene rings is 1. The maximum atomic E-state index is 13.6. The summed E-state index contributed by atoms with van der Waals surface area (Å²) in [7, 11) is -4.08. The summed E-state index contributed by atoms with van der Waals surface area (Å²) < 4.78 is 36.7. The Morgan fingerprint density at radius 1 is 1.53 bits per heavy atom. The van der Waals surface area contributed by atoms with Gasteiger partial charge in [0.15, 0.2) is 15.7 Å². The minimum atomic E-state index is -4.08. The molecule has 7 heteroatoms. The maximum absolute atomic E-state index is 13.6. The van der Waals surface area contributed by atoms with Crippen molar-refractivity contribution in [2.75, 3.05) is 5.75 Å². The van der Waals surface area contributed by atoms with E-state index >= 15 is 0 Å². The van der Waals surface area contributed by atoms with Gasteiger partial charge in [-0.3, -0.25) is 0 Å². The number of aromatic carboxylic acids is 1. The van der Waals surface area contributed by atoms with E-state index in [9.17, 15) is 17.6 Å². The van der Waals surface area contributed by atoms with Crippen molar-refractivity contribution in [3.63, 3.8) is 0 Å². The molecule has 1 aromatic carbocycles. The topological polar surface area (TPSA) is 71.4 Å². The first-order valence-corrected chi connectivity index (χ1v) is 6.21. The van der Waals surface area contributed by atoms with Crippen LogP contribution in [0.25, 0.3) is 0 Å². The zero-order valence-corrected chi connectivity index (χ0v) is 9.85. The molecule has 0 aliphatic rings. The Bertz CT molecular complexity index is 616. The van der Waals surface area contributed by atoms with Gasteiger partial charge < -0.3 is 5.11 Å². The lowest BCUT2D eigenvalue weighted by Crippen LogP contribution is -2.11. The number of carboxylic acids is 1. The summed E-state index contributed by atoms with van der Waals surface area (Å²) in [5.74, 6) is -1.85. The lowest BCUT2D eigenvalue weighted by atomic mass is 10.2. The molecule has 0 amide bonds. The minimum Gasteiger partial charge on any atom is -0.478 e. The minimum absolute atomic E-state index is 0.195. The molecule has 0 unspecified atom stereocenters. The van der Waals surface area contributed by atoms with Crippen LogP contribution in [-0.4, -0.2) is 25.2 Å². The predicted octanol–water partition coefficient (Wildman–Crippen LogP) is 1.58. The number of carbonyl (C=O) groups is 1. The molecule has 4 nitrogen and oxygen atoms in total. The second-order valence-corrected chi connectivity index (χ2v) is 5.43. The molecule has 0 radical (unpaired) electrons. The highest BCUT2D eigenvalue weighted by Gasteiger charge is 2.24. The van der Waals surface area contributed by atoms with E-state index < -0.39 is 37.8 Å². The number of hydrogen-bond acceptors (Lipinski definition) is 3. The molecule has 0 aromatic heterocycles. The van der Waals surface area contributed by atoms with Gasteiger partial charge in [0.1, 0.15) is 10.6 Å². The van der Waals surface area contributed by atoms with Crippen molar-refractivity contribution in [2.45, 2.75) is 4.90 Å². The van der Waals surface area contributed by atoms with Gasteiger partial charge in [-0.15, -0.1) is 6.42 Å². The smallest absolute Gasteiger partial charge is 0.338 e. The number of sulfone groups is 1. The first kappa shape index (κ1) is 13.5. The Labute approximate surface area is 102 Å². The molecule has 90 valence electrons. The average molecular weight is 277 g/mol. The van der Waals surface area contributed by atoms with Crippen LogP contribution in [0.4, 0.5) is 4.39 Å². The summed E-state index contributed by atoms with van der Waals surface area (Å²) >= 11 is 5.53. The zero-order chi connectivity index (χ0) is 13.2. The molecule has 0 bridgehead atoms. The largest absolute Gasteiger partial charge is 0.478 e. The fraction of sp³-hybridized carbons (Fsp3) is 0.100. The molecule has 0 fully saturated rings. The van der Waals surface area contributed by atoms with E-state index in [0.717, 1.165) is 12.1 Å². The van der Waals surface area contributed by atoms with Gasteiger partial charge in [0.2, 0.25) is 0 Å². The normalized spacial score (nSPS) is 10.9. The van der Waals surface area contributed by atoms with Gasteiger partial charge in [0.25, 0.3) is 0 Å². The number of rotatable bonds is 3. The van der Waals surface area contributed by atoms with Gasteiger partial charge in [-0.25, -0.2) is 17.6 Å². The second-order valence-electron chi connectivity index (χ2n) is 3.03. The van der Waals surface area contributed by atoms with Gasteiger partial charge in [-0.1, -0.05) is 17.5 Å². The van der Waals surface area contributed by atoms with Crippen molar-refractivity contribution in [2.24, 2.45) is 0 Å². The van der Waals surface area contributed by atoms with Crippen LogP contribution in [0.1, 0.15) is 10.4 Å². The highest BCUT2D eigenvalue weighted by molar-refractivity contribution is 7.91. The van der Waals surface area contributed by atoms with Gasteiger partial charge in [0.05, 0.1) is 5.56 Å². The lowest BCUT2D eigenvalue weighted by Gasteiger charge is -2.06. The van der Waals surface area contributed by atoms with Crippen LogP contribution in [-0.2, 0) is 9.84 Å². The Morgan fingerprint density at radius 2 is 2.12 bits per heavy atom. The zero-order valence-electron chi connectivity index (χ0n) is 8.28. The molecule has 0 heterocycles. The first-order chi connectivity index (χ1) is 7.79. The fourth-order valence-corrected chi connectivity index (χ4v) is 2.48. The van der Waals surface area contributed by atoms with Gasteiger partial charge in [0, 0.05) is 5.02 Å². The van der Waals surface area contributed by atoms with E-state index in [0.29, 0.717) is 0 Å². The quantitative estimate of drug-likeness (QED) is 0.851. The first-order valence-electron chi connectivity index (χ1n) is 4.18. The molecule has 0 atom stereocenters. The molecule has 1 aromatic rings. The second kappa shape index (κ2) is 4.73. The van der Waals surface area contributed by atoms with Crippen LogP contribution in [0.5, 0.6) is 0 Å². The number of hydrogen-bond donors (Lipinski definition) is 1. The van der Waals surface area contributed by atoms with E-state index in [1.54, 1.807) is 0 Å². The molecule has 0 saturated heterocycles. The van der Waals surface area contributed by atoms with E-state index in [2.05, 4.69) is 0 Å². The van der Waals surface area contributed by atoms with Crippen molar-refractivity contribution in [1.82, 2.24) is 0 Å². The Morgan fingerprint density at radius 3 is 2.59 bits per heavy atom. The summed E-state index contributed by atoms with van der Waals surface area (Å²) in [4.78, 5) is 9.87. The summed E-state index contributed by atoms with van der Waals surface area (Å²) in [5.41, 5.74) is -0.812. The monoisotopic (exact) mass is 276 g/mol. The SMILES string of the molecule is C#CCS(=O)(=O)c1cc(Cl)cc(C(=O)O)c1F. The highest BCUT2D eigenvalue weighted by atomic mass is 35.5. The third-order valence-electron chi connectivity index (χ3n) is 1.84. The standard InChI is InChI=1S/C10H6ClFO4S/c1-2-3-17(15,16)8-5-6(11)4-7(9(8)12)10(13)14/h1,4-5H,3H2,(H,13,14). The highest BCUT2D eigenvalue weighted by Crippen LogP contribution is 2.24. The molecule has 17 heavy (non-hydrogen) atoms. The molecule has 0 saturated carbocycles. The van der Waals surface area contributed by atoms with E-state index in [1.165, 1.54) is 0 Å². The molecule has 0 spiro atoms. The fourth-order valence-electron chi connectivity index (χ4n) is 1.13.